The molecule has 1 heterocycles. The fourth-order valence-electron chi connectivity index (χ4n) is 0.609. The maximum absolute atomic E-state index is 8.92. The van der Waals surface area contributed by atoms with Gasteiger partial charge >= 0.3 is 0 Å². The van der Waals surface area contributed by atoms with Gasteiger partial charge in [0, 0.05) is 0 Å². The number of aliphatic hydroxyl groups excluding tert-OH is 3. The first-order chi connectivity index (χ1) is 4.25. The van der Waals surface area contributed by atoms with Crippen molar-refractivity contribution in [3.63, 3.8) is 0 Å². The summed E-state index contributed by atoms with van der Waals surface area (Å²) in [6.45, 7) is 0.0687. The van der Waals surface area contributed by atoms with Crippen molar-refractivity contribution in [3.8, 4) is 0 Å². The monoisotopic (exact) mass is 134 g/mol. The third-order valence-corrected chi connectivity index (χ3v) is 1.32. The number of hydrogen-bond acceptors (Lipinski definition) is 4. The Morgan fingerprint density at radius 2 is 2.11 bits per heavy atom. The Morgan fingerprint density at radius 1 is 1.56 bits per heavy atom. The van der Waals surface area contributed by atoms with Crippen LogP contribution in [0.2, 0.25) is 0 Å². The molecule has 9 heavy (non-hydrogen) atoms. The van der Waals surface area contributed by atoms with Crippen LogP contribution in [0, 0.1) is 0 Å². The average Bonchev–Trinajstić information content (AvgIpc) is 2.66. The molecule has 0 bridgehead atoms. The predicted octanol–water partition coefficient (Wildman–Crippen LogP) is -1.90. The Bertz CT molecular complexity index is 91.0. The second-order valence-corrected chi connectivity index (χ2v) is 2.11. The zero-order chi connectivity index (χ0) is 6.85. The number of aliphatic hydroxyl groups is 3. The van der Waals surface area contributed by atoms with E-state index in [1.165, 1.54) is 0 Å². The van der Waals surface area contributed by atoms with Crippen molar-refractivity contribution in [2.24, 2.45) is 0 Å². The van der Waals surface area contributed by atoms with E-state index >= 15 is 0 Å². The summed E-state index contributed by atoms with van der Waals surface area (Å²) < 4.78 is 4.67. The summed E-state index contributed by atoms with van der Waals surface area (Å²) in [7, 11) is 0. The van der Waals surface area contributed by atoms with Crippen molar-refractivity contribution in [2.75, 3.05) is 13.2 Å². The van der Waals surface area contributed by atoms with Crippen LogP contribution in [0.5, 0.6) is 0 Å². The van der Waals surface area contributed by atoms with E-state index in [9.17, 15) is 0 Å². The van der Waals surface area contributed by atoms with E-state index in [-0.39, 0.29) is 6.10 Å². The third kappa shape index (κ3) is 1.62. The van der Waals surface area contributed by atoms with Gasteiger partial charge in [0.1, 0.15) is 18.3 Å². The van der Waals surface area contributed by atoms with Crippen molar-refractivity contribution in [2.45, 2.75) is 18.3 Å². The molecule has 0 radical (unpaired) electrons. The normalized spacial score (nSPS) is 31.7. The highest BCUT2D eigenvalue weighted by molar-refractivity contribution is 4.83. The van der Waals surface area contributed by atoms with Crippen LogP contribution in [-0.4, -0.2) is 46.8 Å². The summed E-state index contributed by atoms with van der Waals surface area (Å²) >= 11 is 0. The first kappa shape index (κ1) is 6.95. The summed E-state index contributed by atoms with van der Waals surface area (Å²) in [4.78, 5) is 0. The van der Waals surface area contributed by atoms with E-state index in [2.05, 4.69) is 4.74 Å². The van der Waals surface area contributed by atoms with Gasteiger partial charge in [0.25, 0.3) is 0 Å². The van der Waals surface area contributed by atoms with Crippen LogP contribution in [0.3, 0.4) is 0 Å². The first-order valence-corrected chi connectivity index (χ1v) is 2.84. The molecule has 54 valence electrons. The van der Waals surface area contributed by atoms with E-state index in [0.717, 1.165) is 0 Å². The number of ether oxygens (including phenoxy) is 1. The maximum Gasteiger partial charge on any atom is 0.110 e. The molecule has 4 heteroatoms. The number of rotatable bonds is 3. The second kappa shape index (κ2) is 2.62. The van der Waals surface area contributed by atoms with E-state index < -0.39 is 18.8 Å². The predicted molar refractivity (Wildman–Crippen MR) is 28.8 cm³/mol. The molecular weight excluding hydrogens is 124 g/mol. The Morgan fingerprint density at radius 3 is 2.44 bits per heavy atom. The largest absolute Gasteiger partial charge is 0.394 e. The van der Waals surface area contributed by atoms with E-state index in [0.29, 0.717) is 6.61 Å². The van der Waals surface area contributed by atoms with E-state index in [1.54, 1.807) is 0 Å². The van der Waals surface area contributed by atoms with Gasteiger partial charge in [-0.15, -0.1) is 0 Å². The van der Waals surface area contributed by atoms with Gasteiger partial charge < -0.3 is 20.1 Å². The molecule has 3 N–H and O–H groups in total. The summed E-state index contributed by atoms with van der Waals surface area (Å²) in [5.74, 6) is 0. The molecular formula is C5H10O4. The summed E-state index contributed by atoms with van der Waals surface area (Å²) in [6, 6.07) is 0. The van der Waals surface area contributed by atoms with Crippen molar-refractivity contribution in [1.29, 1.82) is 0 Å². The molecule has 1 fully saturated rings. The van der Waals surface area contributed by atoms with Gasteiger partial charge in [0.05, 0.1) is 13.2 Å². The molecule has 0 amide bonds. The van der Waals surface area contributed by atoms with Gasteiger partial charge in [-0.1, -0.05) is 0 Å². The van der Waals surface area contributed by atoms with Crippen molar-refractivity contribution in [1.82, 2.24) is 0 Å². The lowest BCUT2D eigenvalue weighted by atomic mass is 10.2. The van der Waals surface area contributed by atoms with Gasteiger partial charge in [0.15, 0.2) is 0 Å². The Labute approximate surface area is 52.7 Å². The van der Waals surface area contributed by atoms with Gasteiger partial charge in [-0.05, 0) is 0 Å². The summed E-state index contributed by atoms with van der Waals surface area (Å²) in [6.07, 6.45) is -2.24. The molecule has 1 rings (SSSR count). The average molecular weight is 134 g/mol. The van der Waals surface area contributed by atoms with Crippen LogP contribution in [0.25, 0.3) is 0 Å². The third-order valence-electron chi connectivity index (χ3n) is 1.32. The Kier molecular flexibility index (Phi) is 2.02. The van der Waals surface area contributed by atoms with Gasteiger partial charge in [-0.2, -0.15) is 0 Å². The van der Waals surface area contributed by atoms with Gasteiger partial charge in [0.2, 0.25) is 0 Å². The highest BCUT2D eigenvalue weighted by Gasteiger charge is 2.35. The van der Waals surface area contributed by atoms with Gasteiger partial charge in [-0.25, -0.2) is 0 Å². The fraction of sp³-hybridized carbons (Fsp3) is 1.00. The molecule has 4 nitrogen and oxygen atoms in total. The highest BCUT2D eigenvalue weighted by atomic mass is 16.6. The molecule has 0 aliphatic carbocycles. The molecule has 0 aromatic heterocycles. The fourth-order valence-corrected chi connectivity index (χ4v) is 0.609. The quantitative estimate of drug-likeness (QED) is 0.394. The van der Waals surface area contributed by atoms with Gasteiger partial charge in [-0.3, -0.25) is 0 Å². The van der Waals surface area contributed by atoms with Crippen molar-refractivity contribution >= 4 is 0 Å². The van der Waals surface area contributed by atoms with Crippen LogP contribution in [0.1, 0.15) is 0 Å². The highest BCUT2D eigenvalue weighted by Crippen LogP contribution is 2.15. The molecule has 0 aromatic rings. The SMILES string of the molecule is OC[C@@H](O)[C@H](O)[C@@H]1CO1. The maximum atomic E-state index is 8.92. The molecule has 0 spiro atoms. The zero-order valence-corrected chi connectivity index (χ0v) is 4.90. The van der Waals surface area contributed by atoms with Crippen LogP contribution >= 0.6 is 0 Å². The number of epoxide rings is 1. The number of hydrogen-bond donors (Lipinski definition) is 3. The Hall–Kier alpha value is -0.160. The van der Waals surface area contributed by atoms with Crippen LogP contribution < -0.4 is 0 Å². The zero-order valence-electron chi connectivity index (χ0n) is 4.90. The molecule has 1 aliphatic heterocycles. The summed E-state index contributed by atoms with van der Waals surface area (Å²) in [5.41, 5.74) is 0. The summed E-state index contributed by atoms with van der Waals surface area (Å²) in [5, 5.41) is 26.0. The smallest absolute Gasteiger partial charge is 0.110 e. The Balaban J connectivity index is 2.22. The minimum atomic E-state index is -1.06. The first-order valence-electron chi connectivity index (χ1n) is 2.84. The minimum absolute atomic E-state index is 0.257. The van der Waals surface area contributed by atoms with Crippen LogP contribution in [0.15, 0.2) is 0 Å². The second-order valence-electron chi connectivity index (χ2n) is 2.11. The molecule has 3 atom stereocenters. The molecule has 1 saturated heterocycles. The van der Waals surface area contributed by atoms with Crippen molar-refractivity contribution in [3.05, 3.63) is 0 Å². The van der Waals surface area contributed by atoms with Crippen molar-refractivity contribution < 1.29 is 20.1 Å². The lowest BCUT2D eigenvalue weighted by Crippen LogP contribution is -2.33. The van der Waals surface area contributed by atoms with E-state index in [4.69, 9.17) is 15.3 Å². The molecule has 0 saturated carbocycles. The lowest BCUT2D eigenvalue weighted by Gasteiger charge is -2.11. The topological polar surface area (TPSA) is 73.2 Å². The molecule has 1 aliphatic rings. The van der Waals surface area contributed by atoms with Crippen LogP contribution in [0.4, 0.5) is 0 Å². The lowest BCUT2D eigenvalue weighted by molar-refractivity contribution is -0.0262. The minimum Gasteiger partial charge on any atom is -0.394 e. The van der Waals surface area contributed by atoms with Crippen LogP contribution in [-0.2, 0) is 4.74 Å². The standard InChI is InChI=1S/C5H10O4/c6-1-3(7)5(8)4-2-9-4/h3-8H,1-2H2/t3-,4+,5+/m1/s1. The molecule has 0 unspecified atom stereocenters. The van der Waals surface area contributed by atoms with E-state index in [1.807, 2.05) is 0 Å². The molecule has 0 aromatic carbocycles.